The van der Waals surface area contributed by atoms with Crippen molar-refractivity contribution in [1.29, 1.82) is 0 Å². The van der Waals surface area contributed by atoms with Crippen LogP contribution in [0.25, 0.3) is 66.8 Å². The smallest absolute Gasteiger partial charge is 0.0594 e. The van der Waals surface area contributed by atoms with Crippen molar-refractivity contribution >= 4 is 11.1 Å². The molecule has 0 aliphatic heterocycles. The minimum atomic E-state index is -0.0708. The Balaban J connectivity index is 1.29. The largest absolute Gasteiger partial charge is 0.259 e. The van der Waals surface area contributed by atoms with E-state index in [9.17, 15) is 0 Å². The van der Waals surface area contributed by atoms with Gasteiger partial charge in [-0.05, 0) is 188 Å². The summed E-state index contributed by atoms with van der Waals surface area (Å²) in [5, 5.41) is 0. The normalized spacial score (nSPS) is 17.0. The number of aromatic nitrogens is 1. The second kappa shape index (κ2) is 16.9. The molecule has 1 heterocycles. The van der Waals surface area contributed by atoms with E-state index >= 15 is 0 Å². The molecule has 11 rings (SSSR count). The van der Waals surface area contributed by atoms with E-state index in [1.54, 1.807) is 0 Å². The Kier molecular flexibility index (Phi) is 11.2. The van der Waals surface area contributed by atoms with Crippen LogP contribution < -0.4 is 0 Å². The van der Waals surface area contributed by atoms with Gasteiger partial charge in [0.25, 0.3) is 0 Å². The van der Waals surface area contributed by atoms with Crippen molar-refractivity contribution in [3.8, 4) is 55.6 Å². The second-order valence-electron chi connectivity index (χ2n) is 23.6. The van der Waals surface area contributed by atoms with Crippen molar-refractivity contribution < 1.29 is 0 Å². The Morgan fingerprint density at radius 2 is 1.06 bits per heavy atom. The summed E-state index contributed by atoms with van der Waals surface area (Å²) < 4.78 is 0. The average Bonchev–Trinajstić information content (AvgIpc) is 4.16. The molecule has 0 bridgehead atoms. The lowest BCUT2D eigenvalue weighted by atomic mass is 9.75. The highest BCUT2D eigenvalue weighted by Crippen LogP contribution is 2.62. The van der Waals surface area contributed by atoms with Gasteiger partial charge in [-0.3, -0.25) is 4.98 Å². The molecule has 2 saturated carbocycles. The van der Waals surface area contributed by atoms with Gasteiger partial charge in [-0.1, -0.05) is 201 Å². The van der Waals surface area contributed by atoms with Crippen LogP contribution in [0.5, 0.6) is 0 Å². The quantitative estimate of drug-likeness (QED) is 0.145. The van der Waals surface area contributed by atoms with Crippen molar-refractivity contribution in [3.63, 3.8) is 0 Å². The first-order chi connectivity index (χ1) is 33.6. The summed E-state index contributed by atoms with van der Waals surface area (Å²) in [5.41, 5.74) is 30.4. The van der Waals surface area contributed by atoms with Gasteiger partial charge in [0.1, 0.15) is 0 Å². The van der Waals surface area contributed by atoms with Crippen LogP contribution in [0.4, 0.5) is 0 Å². The average molecular weight is 914 g/mol. The van der Waals surface area contributed by atoms with E-state index in [0.717, 1.165) is 12.8 Å². The van der Waals surface area contributed by atoms with E-state index in [-0.39, 0.29) is 21.7 Å². The summed E-state index contributed by atoms with van der Waals surface area (Å²) in [6.45, 7) is 28.3. The lowest BCUT2D eigenvalue weighted by Gasteiger charge is -2.28. The summed E-state index contributed by atoms with van der Waals surface area (Å²) in [6, 6.07) is 49.1. The van der Waals surface area contributed by atoms with Crippen LogP contribution in [0.15, 0.2) is 157 Å². The van der Waals surface area contributed by atoms with Crippen molar-refractivity contribution in [1.82, 2.24) is 4.98 Å². The molecular weight excluding hydrogens is 843 g/mol. The first kappa shape index (κ1) is 46.1. The maximum absolute atomic E-state index is 5.54. The van der Waals surface area contributed by atoms with Crippen LogP contribution in [0, 0.1) is 13.8 Å². The van der Waals surface area contributed by atoms with Gasteiger partial charge in [0.15, 0.2) is 0 Å². The van der Waals surface area contributed by atoms with E-state index in [0.29, 0.717) is 0 Å². The number of allylic oxidation sites excluding steroid dienone is 5. The number of aryl methyl sites for hydroxylation is 1. The third-order valence-corrected chi connectivity index (χ3v) is 17.5. The van der Waals surface area contributed by atoms with Crippen molar-refractivity contribution in [3.05, 3.63) is 208 Å². The highest BCUT2D eigenvalue weighted by Gasteiger charge is 2.49. The number of pyridine rings is 1. The van der Waals surface area contributed by atoms with Gasteiger partial charge in [-0.15, -0.1) is 0 Å². The maximum Gasteiger partial charge on any atom is 0.0594 e. The van der Waals surface area contributed by atoms with Gasteiger partial charge >= 0.3 is 0 Å². The molecule has 1 nitrogen and oxygen atoms in total. The van der Waals surface area contributed by atoms with Gasteiger partial charge in [-0.2, -0.15) is 0 Å². The number of hydrogen-bond acceptors (Lipinski definition) is 1. The predicted molar refractivity (Wildman–Crippen MR) is 300 cm³/mol. The predicted octanol–water partition coefficient (Wildman–Crippen LogP) is 19.1. The molecule has 0 saturated heterocycles. The monoisotopic (exact) mass is 914 g/mol. The molecule has 4 aliphatic carbocycles. The molecule has 0 radical (unpaired) electrons. The van der Waals surface area contributed by atoms with Gasteiger partial charge in [0, 0.05) is 22.6 Å². The van der Waals surface area contributed by atoms with Gasteiger partial charge in [0.2, 0.25) is 0 Å². The molecule has 0 amide bonds. The van der Waals surface area contributed by atoms with E-state index in [4.69, 9.17) is 4.98 Å². The van der Waals surface area contributed by atoms with Crippen molar-refractivity contribution in [2.24, 2.45) is 0 Å². The molecule has 1 heteroatoms. The number of hydrogen-bond donors (Lipinski definition) is 0. The van der Waals surface area contributed by atoms with E-state index in [2.05, 4.69) is 215 Å². The Hall–Kier alpha value is -6.31. The SMILES string of the molecule is C=C/C(C)=C(\C1=C(C)C2(CCCC2)c2ccc(C(C)(C)C)cc21)c1cc(-c2c(-c3ccccc3)cccc2-c2ccccc2)cc(-c2c(C)cnc3c2-c2cc(C(C)(C)C)ccc2C32CCCC2)c1C. The van der Waals surface area contributed by atoms with Crippen LogP contribution >= 0.6 is 0 Å². The van der Waals surface area contributed by atoms with Crippen molar-refractivity contribution in [2.75, 3.05) is 0 Å². The minimum absolute atomic E-state index is 0.00460. The molecule has 4 aliphatic rings. The maximum atomic E-state index is 5.54. The second-order valence-corrected chi connectivity index (χ2v) is 23.6. The molecule has 2 spiro atoms. The summed E-state index contributed by atoms with van der Waals surface area (Å²) in [6.07, 6.45) is 14.0. The summed E-state index contributed by atoms with van der Waals surface area (Å²) >= 11 is 0. The summed E-state index contributed by atoms with van der Waals surface area (Å²) in [4.78, 5) is 5.54. The van der Waals surface area contributed by atoms with Crippen LogP contribution in [-0.2, 0) is 21.7 Å². The zero-order valence-corrected chi connectivity index (χ0v) is 43.6. The topological polar surface area (TPSA) is 12.9 Å². The number of benzene rings is 6. The third-order valence-electron chi connectivity index (χ3n) is 17.5. The molecule has 6 aromatic carbocycles. The standard InChI is InChI=1S/C69H71N/c1-12-43(2)60(62-46(5)68(34-19-20-35-68)58-32-30-50(40-56(58)62)66(6,7)8)54-38-49(63-52(47-24-15-13-16-25-47)28-23-29-53(63)48-26-17-14-18-27-48)39-55(45(54)4)61-44(3)42-70-65-64(61)57-41-51(67(9,10)11)31-33-59(57)69(65)36-21-22-37-69/h12-18,23-33,38-42H,1,19-22,34-37H2,2-11H3/b60-43-. The number of fused-ring (bicyclic) bond motifs is 7. The fraction of sp³-hybridized carbons (Fsp3) is 0.319. The molecule has 0 unspecified atom stereocenters. The minimum Gasteiger partial charge on any atom is -0.259 e. The first-order valence-corrected chi connectivity index (χ1v) is 26.3. The van der Waals surface area contributed by atoms with E-state index < -0.39 is 0 Å². The third kappa shape index (κ3) is 7.12. The Morgan fingerprint density at radius 1 is 0.529 bits per heavy atom. The Bertz CT molecular complexity index is 3250. The highest BCUT2D eigenvalue weighted by molar-refractivity contribution is 6.13. The van der Waals surface area contributed by atoms with Crippen LogP contribution in [0.3, 0.4) is 0 Å². The van der Waals surface area contributed by atoms with Crippen LogP contribution in [0.1, 0.15) is 157 Å². The molecule has 2 fully saturated rings. The summed E-state index contributed by atoms with van der Waals surface area (Å²) in [7, 11) is 0. The number of rotatable bonds is 7. The molecule has 70 heavy (non-hydrogen) atoms. The first-order valence-electron chi connectivity index (χ1n) is 26.3. The fourth-order valence-corrected chi connectivity index (χ4v) is 13.7. The van der Waals surface area contributed by atoms with Crippen LogP contribution in [-0.4, -0.2) is 4.98 Å². The highest BCUT2D eigenvalue weighted by atomic mass is 14.8. The fourth-order valence-electron chi connectivity index (χ4n) is 13.7. The lowest BCUT2D eigenvalue weighted by Crippen LogP contribution is -2.22. The van der Waals surface area contributed by atoms with E-state index in [1.807, 2.05) is 0 Å². The van der Waals surface area contributed by atoms with Crippen LogP contribution in [0.2, 0.25) is 0 Å². The zero-order valence-electron chi connectivity index (χ0n) is 43.6. The Morgan fingerprint density at radius 3 is 1.60 bits per heavy atom. The van der Waals surface area contributed by atoms with Crippen molar-refractivity contribution in [2.45, 2.75) is 142 Å². The van der Waals surface area contributed by atoms with Gasteiger partial charge in [-0.25, -0.2) is 0 Å². The molecule has 0 N–H and O–H groups in total. The molecule has 0 atom stereocenters. The molecular formula is C69H71N. The molecule has 7 aromatic rings. The van der Waals surface area contributed by atoms with Gasteiger partial charge < -0.3 is 0 Å². The number of nitrogens with zero attached hydrogens (tertiary/aromatic N) is 1. The van der Waals surface area contributed by atoms with E-state index in [1.165, 1.54) is 167 Å². The Labute approximate surface area is 419 Å². The zero-order chi connectivity index (χ0) is 48.9. The molecule has 1 aromatic heterocycles. The summed E-state index contributed by atoms with van der Waals surface area (Å²) in [5.74, 6) is 0. The lowest BCUT2D eigenvalue weighted by molar-refractivity contribution is 0.532. The molecule has 352 valence electrons. The van der Waals surface area contributed by atoms with Gasteiger partial charge in [0.05, 0.1) is 5.69 Å².